The summed E-state index contributed by atoms with van der Waals surface area (Å²) in [6.07, 6.45) is 1.88. The number of hydrogen-bond donors (Lipinski definition) is 3. The Bertz CT molecular complexity index is 968. The normalized spacial score (nSPS) is 12.2. The molecule has 0 unspecified atom stereocenters. The molecule has 0 aliphatic carbocycles. The third-order valence-corrected chi connectivity index (χ3v) is 5.59. The molecule has 2 aromatic rings. The first-order valence-corrected chi connectivity index (χ1v) is 10.5. The molecule has 158 valence electrons. The highest BCUT2D eigenvalue weighted by Crippen LogP contribution is 2.27. The first-order chi connectivity index (χ1) is 14.2. The lowest BCUT2D eigenvalue weighted by molar-refractivity contribution is -0.132. The molecule has 0 saturated heterocycles. The Morgan fingerprint density at radius 2 is 1.77 bits per heavy atom. The van der Waals surface area contributed by atoms with Crippen LogP contribution in [0.5, 0.6) is 0 Å². The molecule has 2 amide bonds. The van der Waals surface area contributed by atoms with Gasteiger partial charge in [0.25, 0.3) is 0 Å². The summed E-state index contributed by atoms with van der Waals surface area (Å²) < 4.78 is 0. The van der Waals surface area contributed by atoms with Gasteiger partial charge in [-0.15, -0.1) is 11.8 Å². The molecular weight excluding hydrogens is 400 g/mol. The number of amides is 2. The Morgan fingerprint density at radius 3 is 2.37 bits per heavy atom. The lowest BCUT2D eigenvalue weighted by atomic mass is 10.1. The first kappa shape index (κ1) is 23.2. The topological polar surface area (TPSA) is 95.5 Å². The average Bonchev–Trinajstić information content (AvgIpc) is 2.70. The molecule has 2 aromatic carbocycles. The molecule has 0 heterocycles. The van der Waals surface area contributed by atoms with Gasteiger partial charge in [0.2, 0.25) is 11.8 Å². The molecule has 7 heteroatoms. The molecule has 0 fully saturated rings. The number of anilines is 2. The molecule has 0 bridgehead atoms. The standard InChI is InChI=1S/C23H26N2O4S/c1-5-17-8-6-7-14(2)21(17)25-22(27)16(4)30-19-11-9-18(10-12-19)24-20(26)13-15(3)23(28)29/h6-13,16H,5H2,1-4H3,(H,24,26)(H,25,27)(H,28,29)/b15-13-/t16-/m0/s1. The number of rotatable bonds is 8. The maximum Gasteiger partial charge on any atom is 0.331 e. The van der Waals surface area contributed by atoms with Gasteiger partial charge in [0.05, 0.1) is 5.25 Å². The van der Waals surface area contributed by atoms with Gasteiger partial charge in [-0.1, -0.05) is 25.1 Å². The monoisotopic (exact) mass is 426 g/mol. The van der Waals surface area contributed by atoms with Crippen LogP contribution in [0.1, 0.15) is 31.9 Å². The first-order valence-electron chi connectivity index (χ1n) is 9.60. The van der Waals surface area contributed by atoms with E-state index in [0.29, 0.717) is 5.69 Å². The highest BCUT2D eigenvalue weighted by molar-refractivity contribution is 8.00. The van der Waals surface area contributed by atoms with Crippen LogP contribution in [0.4, 0.5) is 11.4 Å². The second-order valence-corrected chi connectivity index (χ2v) is 8.27. The van der Waals surface area contributed by atoms with E-state index in [1.807, 2.05) is 44.2 Å². The van der Waals surface area contributed by atoms with E-state index in [9.17, 15) is 14.4 Å². The van der Waals surface area contributed by atoms with E-state index < -0.39 is 11.9 Å². The summed E-state index contributed by atoms with van der Waals surface area (Å²) in [5.74, 6) is -1.72. The lowest BCUT2D eigenvalue weighted by Crippen LogP contribution is -2.23. The fourth-order valence-electron chi connectivity index (χ4n) is 2.74. The maximum absolute atomic E-state index is 12.7. The Balaban J connectivity index is 1.98. The summed E-state index contributed by atoms with van der Waals surface area (Å²) in [5.41, 5.74) is 3.52. The summed E-state index contributed by atoms with van der Waals surface area (Å²) in [6.45, 7) is 7.24. The van der Waals surface area contributed by atoms with Gasteiger partial charge in [-0.2, -0.15) is 0 Å². The van der Waals surface area contributed by atoms with Gasteiger partial charge < -0.3 is 15.7 Å². The van der Waals surface area contributed by atoms with Crippen LogP contribution >= 0.6 is 11.8 Å². The Hall–Kier alpha value is -3.06. The quantitative estimate of drug-likeness (QED) is 0.422. The number of carbonyl (C=O) groups is 3. The SMILES string of the molecule is CCc1cccc(C)c1NC(=O)[C@H](C)Sc1ccc(NC(=O)/C=C(/C)C(=O)O)cc1. The number of thioether (sulfide) groups is 1. The number of carbonyl (C=O) groups excluding carboxylic acids is 2. The van der Waals surface area contributed by atoms with Crippen molar-refractivity contribution in [1.29, 1.82) is 0 Å². The van der Waals surface area contributed by atoms with Gasteiger partial charge in [-0.05, 0) is 62.6 Å². The lowest BCUT2D eigenvalue weighted by Gasteiger charge is -2.16. The number of para-hydroxylation sites is 1. The Morgan fingerprint density at radius 1 is 1.10 bits per heavy atom. The van der Waals surface area contributed by atoms with Crippen molar-refractivity contribution in [2.24, 2.45) is 0 Å². The minimum atomic E-state index is -1.14. The Labute approximate surface area is 180 Å². The number of nitrogens with one attached hydrogen (secondary N) is 2. The van der Waals surface area contributed by atoms with Crippen molar-refractivity contribution in [3.8, 4) is 0 Å². The predicted octanol–water partition coefficient (Wildman–Crippen LogP) is 4.65. The molecule has 30 heavy (non-hydrogen) atoms. The van der Waals surface area contributed by atoms with Crippen LogP contribution in [0.2, 0.25) is 0 Å². The van der Waals surface area contributed by atoms with Crippen molar-refractivity contribution < 1.29 is 19.5 Å². The summed E-state index contributed by atoms with van der Waals surface area (Å²) in [7, 11) is 0. The third-order valence-electron chi connectivity index (χ3n) is 4.48. The zero-order valence-corrected chi connectivity index (χ0v) is 18.3. The van der Waals surface area contributed by atoms with Crippen LogP contribution in [-0.4, -0.2) is 28.1 Å². The van der Waals surface area contributed by atoms with Gasteiger partial charge in [0, 0.05) is 27.9 Å². The molecule has 2 rings (SSSR count). The molecule has 1 atom stereocenters. The summed E-state index contributed by atoms with van der Waals surface area (Å²) in [5, 5.41) is 14.2. The van der Waals surface area contributed by atoms with Gasteiger partial charge in [-0.3, -0.25) is 9.59 Å². The van der Waals surface area contributed by atoms with Crippen molar-refractivity contribution in [2.75, 3.05) is 10.6 Å². The smallest absolute Gasteiger partial charge is 0.331 e. The maximum atomic E-state index is 12.7. The van der Waals surface area contributed by atoms with Crippen LogP contribution in [-0.2, 0) is 20.8 Å². The number of carboxylic acids is 1. The van der Waals surface area contributed by atoms with Crippen LogP contribution in [0.3, 0.4) is 0 Å². The minimum Gasteiger partial charge on any atom is -0.478 e. The number of aryl methyl sites for hydroxylation is 2. The zero-order valence-electron chi connectivity index (χ0n) is 17.5. The van der Waals surface area contributed by atoms with Gasteiger partial charge in [-0.25, -0.2) is 4.79 Å². The number of carboxylic acid groups (broad SMARTS) is 1. The molecule has 3 N–H and O–H groups in total. The van der Waals surface area contributed by atoms with E-state index in [0.717, 1.165) is 34.2 Å². The van der Waals surface area contributed by atoms with Crippen molar-refractivity contribution in [3.05, 3.63) is 65.2 Å². The largest absolute Gasteiger partial charge is 0.478 e. The van der Waals surface area contributed by atoms with Crippen LogP contribution in [0.25, 0.3) is 0 Å². The van der Waals surface area contributed by atoms with E-state index in [1.54, 1.807) is 12.1 Å². The van der Waals surface area contributed by atoms with E-state index in [-0.39, 0.29) is 16.7 Å². The molecule has 0 saturated carbocycles. The van der Waals surface area contributed by atoms with E-state index in [2.05, 4.69) is 17.6 Å². The number of hydrogen-bond acceptors (Lipinski definition) is 4. The molecule has 0 aromatic heterocycles. The number of benzene rings is 2. The van der Waals surface area contributed by atoms with Crippen molar-refractivity contribution in [1.82, 2.24) is 0 Å². The molecule has 0 aliphatic heterocycles. The van der Waals surface area contributed by atoms with Crippen molar-refractivity contribution in [3.63, 3.8) is 0 Å². The highest BCUT2D eigenvalue weighted by Gasteiger charge is 2.17. The van der Waals surface area contributed by atoms with E-state index in [1.165, 1.54) is 18.7 Å². The van der Waals surface area contributed by atoms with Gasteiger partial charge >= 0.3 is 5.97 Å². The third kappa shape index (κ3) is 6.49. The zero-order chi connectivity index (χ0) is 22.3. The number of aliphatic carboxylic acids is 1. The molecule has 6 nitrogen and oxygen atoms in total. The van der Waals surface area contributed by atoms with Crippen LogP contribution in [0.15, 0.2) is 59.0 Å². The summed E-state index contributed by atoms with van der Waals surface area (Å²) >= 11 is 1.42. The minimum absolute atomic E-state index is 0.0422. The van der Waals surface area contributed by atoms with Crippen LogP contribution in [0, 0.1) is 6.92 Å². The fraction of sp³-hybridized carbons (Fsp3) is 0.261. The van der Waals surface area contributed by atoms with E-state index >= 15 is 0 Å². The highest BCUT2D eigenvalue weighted by atomic mass is 32.2. The predicted molar refractivity (Wildman–Crippen MR) is 121 cm³/mol. The molecule has 0 radical (unpaired) electrons. The fourth-order valence-corrected chi connectivity index (χ4v) is 3.61. The Kier molecular flexibility index (Phi) is 8.24. The van der Waals surface area contributed by atoms with Gasteiger partial charge in [0.15, 0.2) is 0 Å². The van der Waals surface area contributed by atoms with Gasteiger partial charge in [0.1, 0.15) is 0 Å². The van der Waals surface area contributed by atoms with E-state index in [4.69, 9.17) is 5.11 Å². The molecule has 0 aliphatic rings. The molecule has 0 spiro atoms. The second-order valence-electron chi connectivity index (χ2n) is 6.86. The summed E-state index contributed by atoms with van der Waals surface area (Å²) in [4.78, 5) is 36.1. The summed E-state index contributed by atoms with van der Waals surface area (Å²) in [6, 6.07) is 13.0. The van der Waals surface area contributed by atoms with Crippen molar-refractivity contribution in [2.45, 2.75) is 44.3 Å². The second kappa shape index (κ2) is 10.6. The van der Waals surface area contributed by atoms with Crippen molar-refractivity contribution >= 4 is 40.9 Å². The molecular formula is C23H26N2O4S. The average molecular weight is 427 g/mol. The van der Waals surface area contributed by atoms with Crippen LogP contribution < -0.4 is 10.6 Å².